The third-order valence-corrected chi connectivity index (χ3v) is 3.65. The molecule has 0 radical (unpaired) electrons. The molecule has 0 saturated heterocycles. The first kappa shape index (κ1) is 11.9. The highest BCUT2D eigenvalue weighted by atomic mass is 35.5. The van der Waals surface area contributed by atoms with E-state index >= 15 is 0 Å². The Labute approximate surface area is 101 Å². The Bertz CT molecular complexity index is 369. The fourth-order valence-corrected chi connectivity index (χ4v) is 2.84. The van der Waals surface area contributed by atoms with E-state index in [1.165, 1.54) is 6.42 Å². The highest BCUT2D eigenvalue weighted by Gasteiger charge is 2.22. The molecule has 2 unspecified atom stereocenters. The smallest absolute Gasteiger partial charge is 0.144 e. The van der Waals surface area contributed by atoms with Crippen molar-refractivity contribution in [3.63, 3.8) is 0 Å². The first-order chi connectivity index (χ1) is 7.56. The summed E-state index contributed by atoms with van der Waals surface area (Å²) in [6.07, 6.45) is 4.33. The highest BCUT2D eigenvalue weighted by Crippen LogP contribution is 2.29. The van der Waals surface area contributed by atoms with Crippen molar-refractivity contribution in [2.24, 2.45) is 11.7 Å². The van der Waals surface area contributed by atoms with Crippen LogP contribution in [0.5, 0.6) is 0 Å². The highest BCUT2D eigenvalue weighted by molar-refractivity contribution is 6.30. The van der Waals surface area contributed by atoms with E-state index in [4.69, 9.17) is 17.3 Å². The van der Waals surface area contributed by atoms with E-state index < -0.39 is 0 Å². The SMILES string of the molecule is Cc1cc(CC2CCC(N)C2)cc(Cl)c1F. The molecule has 1 aliphatic rings. The minimum absolute atomic E-state index is 0.234. The minimum atomic E-state index is -0.298. The Morgan fingerprint density at radius 1 is 1.44 bits per heavy atom. The van der Waals surface area contributed by atoms with Crippen LogP contribution < -0.4 is 5.73 Å². The van der Waals surface area contributed by atoms with E-state index in [2.05, 4.69) is 0 Å². The standard InChI is InChI=1S/C13H17ClFN/c1-8-4-10(7-12(14)13(8)15)5-9-2-3-11(16)6-9/h4,7,9,11H,2-3,5-6,16H2,1H3. The topological polar surface area (TPSA) is 26.0 Å². The van der Waals surface area contributed by atoms with Crippen molar-refractivity contribution in [1.82, 2.24) is 0 Å². The van der Waals surface area contributed by atoms with Crippen molar-refractivity contribution in [1.29, 1.82) is 0 Å². The van der Waals surface area contributed by atoms with Gasteiger partial charge < -0.3 is 5.73 Å². The molecule has 0 spiro atoms. The van der Waals surface area contributed by atoms with Gasteiger partial charge in [0.2, 0.25) is 0 Å². The Kier molecular flexibility index (Phi) is 3.50. The zero-order valence-corrected chi connectivity index (χ0v) is 10.2. The van der Waals surface area contributed by atoms with Gasteiger partial charge in [-0.3, -0.25) is 0 Å². The van der Waals surface area contributed by atoms with Crippen LogP contribution in [-0.2, 0) is 6.42 Å². The summed E-state index contributed by atoms with van der Waals surface area (Å²) in [6.45, 7) is 1.76. The predicted octanol–water partition coefficient (Wildman–Crippen LogP) is 3.46. The molecular formula is C13H17ClFN. The van der Waals surface area contributed by atoms with Gasteiger partial charge in [-0.05, 0) is 55.7 Å². The van der Waals surface area contributed by atoms with Crippen LogP contribution in [0.1, 0.15) is 30.4 Å². The summed E-state index contributed by atoms with van der Waals surface area (Å²) in [7, 11) is 0. The molecule has 2 rings (SSSR count). The molecule has 2 atom stereocenters. The number of benzene rings is 1. The second kappa shape index (κ2) is 4.72. The van der Waals surface area contributed by atoms with Crippen LogP contribution in [0.4, 0.5) is 4.39 Å². The lowest BCUT2D eigenvalue weighted by Crippen LogP contribution is -2.15. The molecule has 0 heterocycles. The van der Waals surface area contributed by atoms with Gasteiger partial charge in [0.05, 0.1) is 5.02 Å². The van der Waals surface area contributed by atoms with Crippen LogP contribution in [0.25, 0.3) is 0 Å². The van der Waals surface area contributed by atoms with Crippen LogP contribution in [0.2, 0.25) is 5.02 Å². The fourth-order valence-electron chi connectivity index (χ4n) is 2.55. The van der Waals surface area contributed by atoms with Gasteiger partial charge in [-0.1, -0.05) is 17.7 Å². The molecular weight excluding hydrogens is 225 g/mol. The molecule has 0 aliphatic heterocycles. The van der Waals surface area contributed by atoms with E-state index in [9.17, 15) is 4.39 Å². The maximum atomic E-state index is 13.3. The molecule has 88 valence electrons. The summed E-state index contributed by atoms with van der Waals surface area (Å²) >= 11 is 5.83. The van der Waals surface area contributed by atoms with Gasteiger partial charge in [0.15, 0.2) is 0 Å². The molecule has 1 aromatic carbocycles. The molecule has 1 aliphatic carbocycles. The van der Waals surface area contributed by atoms with Gasteiger partial charge in [-0.2, -0.15) is 0 Å². The van der Waals surface area contributed by atoms with Crippen molar-refractivity contribution in [3.05, 3.63) is 34.1 Å². The summed E-state index contributed by atoms with van der Waals surface area (Å²) < 4.78 is 13.3. The summed E-state index contributed by atoms with van der Waals surface area (Å²) in [5, 5.41) is 0.234. The molecule has 1 aromatic rings. The van der Waals surface area contributed by atoms with Gasteiger partial charge >= 0.3 is 0 Å². The molecule has 1 saturated carbocycles. The lowest BCUT2D eigenvalue weighted by atomic mass is 9.96. The molecule has 2 N–H and O–H groups in total. The fraction of sp³-hybridized carbons (Fsp3) is 0.538. The Hall–Kier alpha value is -0.600. The normalized spacial score (nSPS) is 25.0. The number of aryl methyl sites for hydroxylation is 1. The Balaban J connectivity index is 2.10. The molecule has 16 heavy (non-hydrogen) atoms. The van der Waals surface area contributed by atoms with Crippen molar-refractivity contribution in [2.45, 2.75) is 38.6 Å². The van der Waals surface area contributed by atoms with Gasteiger partial charge in [0.25, 0.3) is 0 Å². The number of halogens is 2. The first-order valence-corrected chi connectivity index (χ1v) is 6.14. The maximum absolute atomic E-state index is 13.3. The van der Waals surface area contributed by atoms with Crippen LogP contribution in [0.3, 0.4) is 0 Å². The number of hydrogen-bond donors (Lipinski definition) is 1. The summed E-state index contributed by atoms with van der Waals surface area (Å²) in [6, 6.07) is 3.99. The van der Waals surface area contributed by atoms with E-state index in [0.717, 1.165) is 24.8 Å². The lowest BCUT2D eigenvalue weighted by molar-refractivity contribution is 0.533. The summed E-state index contributed by atoms with van der Waals surface area (Å²) in [4.78, 5) is 0. The monoisotopic (exact) mass is 241 g/mol. The third kappa shape index (κ3) is 2.55. The first-order valence-electron chi connectivity index (χ1n) is 5.76. The van der Waals surface area contributed by atoms with Crippen LogP contribution in [0, 0.1) is 18.7 Å². The predicted molar refractivity (Wildman–Crippen MR) is 65.2 cm³/mol. The number of hydrogen-bond acceptors (Lipinski definition) is 1. The zero-order chi connectivity index (χ0) is 11.7. The second-order valence-electron chi connectivity index (χ2n) is 4.85. The van der Waals surface area contributed by atoms with E-state index in [0.29, 0.717) is 17.5 Å². The molecule has 3 heteroatoms. The van der Waals surface area contributed by atoms with Gasteiger partial charge in [0, 0.05) is 6.04 Å². The van der Waals surface area contributed by atoms with E-state index in [1.807, 2.05) is 6.07 Å². The maximum Gasteiger partial charge on any atom is 0.144 e. The number of rotatable bonds is 2. The second-order valence-corrected chi connectivity index (χ2v) is 5.26. The minimum Gasteiger partial charge on any atom is -0.328 e. The Morgan fingerprint density at radius 2 is 2.19 bits per heavy atom. The van der Waals surface area contributed by atoms with Crippen LogP contribution in [-0.4, -0.2) is 6.04 Å². The van der Waals surface area contributed by atoms with Crippen molar-refractivity contribution >= 4 is 11.6 Å². The van der Waals surface area contributed by atoms with Gasteiger partial charge in [-0.25, -0.2) is 4.39 Å². The van der Waals surface area contributed by atoms with Gasteiger partial charge in [-0.15, -0.1) is 0 Å². The Morgan fingerprint density at radius 3 is 2.75 bits per heavy atom. The number of nitrogens with two attached hydrogens (primary N) is 1. The van der Waals surface area contributed by atoms with E-state index in [1.54, 1.807) is 13.0 Å². The van der Waals surface area contributed by atoms with Crippen molar-refractivity contribution in [3.8, 4) is 0 Å². The quantitative estimate of drug-likeness (QED) is 0.843. The van der Waals surface area contributed by atoms with Crippen LogP contribution >= 0.6 is 11.6 Å². The lowest BCUT2D eigenvalue weighted by Gasteiger charge is -2.11. The van der Waals surface area contributed by atoms with Crippen molar-refractivity contribution in [2.75, 3.05) is 0 Å². The molecule has 1 nitrogen and oxygen atoms in total. The zero-order valence-electron chi connectivity index (χ0n) is 9.47. The average Bonchev–Trinajstić information content (AvgIpc) is 2.60. The largest absolute Gasteiger partial charge is 0.328 e. The third-order valence-electron chi connectivity index (χ3n) is 3.38. The molecule has 1 fully saturated rings. The molecule has 0 amide bonds. The molecule has 0 aromatic heterocycles. The summed E-state index contributed by atoms with van der Waals surface area (Å²) in [5.41, 5.74) is 7.63. The summed E-state index contributed by atoms with van der Waals surface area (Å²) in [5.74, 6) is 0.337. The molecule has 0 bridgehead atoms. The average molecular weight is 242 g/mol. The van der Waals surface area contributed by atoms with Crippen LogP contribution in [0.15, 0.2) is 12.1 Å². The van der Waals surface area contributed by atoms with Crippen molar-refractivity contribution < 1.29 is 4.39 Å². The van der Waals surface area contributed by atoms with Gasteiger partial charge in [0.1, 0.15) is 5.82 Å². The van der Waals surface area contributed by atoms with E-state index in [-0.39, 0.29) is 10.8 Å².